The molecule has 454 valence electrons. The third-order valence-electron chi connectivity index (χ3n) is 15.6. The van der Waals surface area contributed by atoms with Gasteiger partial charge in [0.2, 0.25) is 28.7 Å². The Morgan fingerprint density at radius 1 is 0.330 bits per heavy atom. The monoisotopic (exact) mass is 1220 g/mol. The minimum absolute atomic E-state index is 0.213. The number of aliphatic hydroxyl groups excluding tert-OH is 1. The van der Waals surface area contributed by atoms with Crippen LogP contribution in [0.25, 0.3) is 33.4 Å². The molecule has 6 aliphatic heterocycles. The zero-order valence-corrected chi connectivity index (χ0v) is 43.3. The van der Waals surface area contributed by atoms with Crippen molar-refractivity contribution in [1.82, 2.24) is 0 Å². The largest absolute Gasteiger partial charge is 0.507 e. The molecule has 6 heterocycles. The minimum Gasteiger partial charge on any atom is -0.507 e. The van der Waals surface area contributed by atoms with Crippen LogP contribution in [0, 0.1) is 0 Å². The molecule has 0 radical (unpaired) electrons. The number of aliphatic hydroxyl groups is 1. The van der Waals surface area contributed by atoms with Gasteiger partial charge >= 0.3 is 29.8 Å². The van der Waals surface area contributed by atoms with Gasteiger partial charge in [-0.1, -0.05) is 0 Å². The number of hydrogen-bond acceptors (Lipinski definition) is 32. The quantitative estimate of drug-likeness (QED) is 0.0672. The first kappa shape index (κ1) is 56.1. The topological polar surface area (TPSA) is 566 Å². The lowest BCUT2D eigenvalue weighted by molar-refractivity contribution is -0.135. The highest BCUT2D eigenvalue weighted by Gasteiger charge is 2.57. The molecule has 7 aromatic carbocycles. The van der Waals surface area contributed by atoms with Crippen molar-refractivity contribution in [2.75, 3.05) is 6.61 Å². The molecular formula is C56H38O32. The van der Waals surface area contributed by atoms with Crippen LogP contribution in [0.15, 0.2) is 36.4 Å². The molecule has 32 heteroatoms. The maximum absolute atomic E-state index is 15.8. The number of fused-ring (bicyclic) bond motifs is 8. The van der Waals surface area contributed by atoms with Crippen molar-refractivity contribution in [2.24, 2.45) is 0 Å². The van der Waals surface area contributed by atoms with Gasteiger partial charge in [0, 0.05) is 68.1 Å². The number of aromatic hydroxyl groups is 20. The summed E-state index contributed by atoms with van der Waals surface area (Å²) >= 11 is 0. The van der Waals surface area contributed by atoms with E-state index in [2.05, 4.69) is 0 Å². The SMILES string of the molecule is O=C1OC[C@H]2OC(=O)c3cc(O)c(O)c(O)c3-c3c(O)c(O)c(O)c4c3C(=O)O[C@H]([C@H]3OC(=O)c5c-4c(O)c(O)c(O)c5[C@@H]3c3c(O)cc4c(c3O)C[C@H](O)[C@@H](c3cc(O)c(O)c(O)c3)O4)[C@@H]2OC(=O)c2cc(O)c(O)c(O)c2-c2c1cc(O)c(O)c2O. The molecule has 7 atom stereocenters. The molecule has 0 aliphatic carbocycles. The fourth-order valence-corrected chi connectivity index (χ4v) is 11.6. The third-order valence-corrected chi connectivity index (χ3v) is 15.6. The van der Waals surface area contributed by atoms with Gasteiger partial charge in [0.1, 0.15) is 23.9 Å². The number of phenols is 20. The van der Waals surface area contributed by atoms with Crippen LogP contribution in [-0.4, -0.2) is 174 Å². The van der Waals surface area contributed by atoms with Gasteiger partial charge in [-0.05, 0) is 30.3 Å². The maximum Gasteiger partial charge on any atom is 0.340 e. The zero-order valence-electron chi connectivity index (χ0n) is 43.3. The van der Waals surface area contributed by atoms with E-state index >= 15 is 19.2 Å². The van der Waals surface area contributed by atoms with Crippen molar-refractivity contribution < 1.29 is 160 Å². The van der Waals surface area contributed by atoms with Crippen molar-refractivity contribution >= 4 is 29.8 Å². The summed E-state index contributed by atoms with van der Waals surface area (Å²) in [4.78, 5) is 75.8. The predicted octanol–water partition coefficient (Wildman–Crippen LogP) is 2.98. The lowest BCUT2D eigenvalue weighted by atomic mass is 9.73. The minimum atomic E-state index is -3.04. The van der Waals surface area contributed by atoms with Crippen LogP contribution in [0.3, 0.4) is 0 Å². The lowest BCUT2D eigenvalue weighted by Crippen LogP contribution is -2.56. The first-order valence-electron chi connectivity index (χ1n) is 25.1. The Hall–Kier alpha value is -12.4. The molecule has 0 unspecified atom stereocenters. The van der Waals surface area contributed by atoms with E-state index in [1.165, 1.54) is 0 Å². The summed E-state index contributed by atoms with van der Waals surface area (Å²) in [6.07, 6.45) is -15.9. The van der Waals surface area contributed by atoms with Gasteiger partial charge in [-0.3, -0.25) is 0 Å². The van der Waals surface area contributed by atoms with E-state index in [9.17, 15) is 112 Å². The van der Waals surface area contributed by atoms with Crippen molar-refractivity contribution in [3.05, 3.63) is 86.5 Å². The van der Waals surface area contributed by atoms with Gasteiger partial charge in [-0.15, -0.1) is 0 Å². The normalized spacial score (nSPS) is 20.8. The number of ether oxygens (including phenoxy) is 6. The van der Waals surface area contributed by atoms with Gasteiger partial charge in [0.25, 0.3) is 0 Å². The van der Waals surface area contributed by atoms with Gasteiger partial charge < -0.3 is 136 Å². The van der Waals surface area contributed by atoms with Gasteiger partial charge in [0.15, 0.2) is 105 Å². The molecule has 0 fully saturated rings. The molecule has 0 amide bonds. The average molecular weight is 1220 g/mol. The van der Waals surface area contributed by atoms with Gasteiger partial charge in [-0.2, -0.15) is 0 Å². The molecule has 0 spiro atoms. The van der Waals surface area contributed by atoms with E-state index in [1.807, 2.05) is 0 Å². The summed E-state index contributed by atoms with van der Waals surface area (Å²) in [5.74, 6) is -42.4. The predicted molar refractivity (Wildman–Crippen MR) is 277 cm³/mol. The summed E-state index contributed by atoms with van der Waals surface area (Å²) in [6, 6.07) is 3.38. The molecule has 7 aromatic rings. The molecule has 0 saturated carbocycles. The summed E-state index contributed by atoms with van der Waals surface area (Å²) < 4.78 is 35.2. The van der Waals surface area contributed by atoms with Gasteiger partial charge in [0.05, 0.1) is 39.8 Å². The van der Waals surface area contributed by atoms with Crippen molar-refractivity contribution in [1.29, 1.82) is 0 Å². The zero-order chi connectivity index (χ0) is 63.6. The van der Waals surface area contributed by atoms with Crippen LogP contribution in [0.4, 0.5) is 0 Å². The Labute approximate surface area is 484 Å². The number of cyclic esters (lactones) is 1. The Bertz CT molecular complexity index is 4390. The fraction of sp³-hybridized carbons (Fsp3) is 0.161. The fourth-order valence-electron chi connectivity index (χ4n) is 11.6. The Morgan fingerprint density at radius 2 is 0.750 bits per heavy atom. The first-order valence-corrected chi connectivity index (χ1v) is 25.1. The molecule has 6 bridgehead atoms. The summed E-state index contributed by atoms with van der Waals surface area (Å²) in [6.45, 7) is -1.65. The number of hydrogen-bond donors (Lipinski definition) is 21. The van der Waals surface area contributed by atoms with E-state index in [1.54, 1.807) is 0 Å². The van der Waals surface area contributed by atoms with Crippen molar-refractivity contribution in [3.8, 4) is 154 Å². The summed E-state index contributed by atoms with van der Waals surface area (Å²) in [5, 5.41) is 238. The van der Waals surface area contributed by atoms with Crippen LogP contribution < -0.4 is 4.74 Å². The van der Waals surface area contributed by atoms with E-state index in [4.69, 9.17) is 28.4 Å². The smallest absolute Gasteiger partial charge is 0.340 e. The number of carbonyl (C=O) groups excluding carboxylic acids is 5. The number of benzene rings is 7. The van der Waals surface area contributed by atoms with E-state index in [0.717, 1.165) is 12.1 Å². The lowest BCUT2D eigenvalue weighted by Gasteiger charge is -2.43. The second-order valence-corrected chi connectivity index (χ2v) is 20.4. The Balaban J connectivity index is 1.21. The molecule has 13 rings (SSSR count). The highest BCUT2D eigenvalue weighted by atomic mass is 16.6. The van der Waals surface area contributed by atoms with Crippen molar-refractivity contribution in [2.45, 2.75) is 49.0 Å². The van der Waals surface area contributed by atoms with Crippen LogP contribution in [0.2, 0.25) is 0 Å². The van der Waals surface area contributed by atoms with Gasteiger partial charge in [-0.25, -0.2) is 24.0 Å². The molecule has 0 aromatic heterocycles. The average Bonchev–Trinajstić information content (AvgIpc) is 0.866. The number of esters is 5. The van der Waals surface area contributed by atoms with Crippen molar-refractivity contribution in [3.63, 3.8) is 0 Å². The van der Waals surface area contributed by atoms with E-state index in [-0.39, 0.29) is 17.7 Å². The van der Waals surface area contributed by atoms with Crippen LogP contribution >= 0.6 is 0 Å². The first-order chi connectivity index (χ1) is 41.5. The molecule has 0 saturated heterocycles. The standard InChI is InChI=1S/C56H38O32/c57-14-7-21-10(3-20(63)48(84-21)9-1-15(58)35(65)16(59)2-9)34(64)26(14)31-30-33-29(44(74)47(77)45(30)75)28-32-27(42(72)46(76)43(28)73)25-13(6-19(62)38(68)41(25)71)53(79)85-22-8-83-52(78)11-4-17(60)36(66)39(69)23(11)24-12(5-18(61)37(67)40(24)70)54(80)86-49(22)51(88-56(32)82)50(31)87-55(33)81/h1-2,4-7,20,22,31,48-51,57-77H,3,8H2/t20-,22+,31-,48+,49+,50-,51-/m0/s1. The second kappa shape index (κ2) is 19.1. The Kier molecular flexibility index (Phi) is 12.2. The van der Waals surface area contributed by atoms with E-state index in [0.29, 0.717) is 12.1 Å². The Morgan fingerprint density at radius 3 is 1.30 bits per heavy atom. The highest BCUT2D eigenvalue weighted by Crippen LogP contribution is 2.64. The number of phenolic OH excluding ortho intramolecular Hbond substituents is 20. The van der Waals surface area contributed by atoms with Crippen LogP contribution in [0.5, 0.6) is 121 Å². The molecular weight excluding hydrogens is 1180 g/mol. The second-order valence-electron chi connectivity index (χ2n) is 20.4. The highest BCUT2D eigenvalue weighted by molar-refractivity contribution is 6.17. The molecule has 88 heavy (non-hydrogen) atoms. The molecule has 21 N–H and O–H groups in total. The number of carbonyl (C=O) groups is 5. The third kappa shape index (κ3) is 7.70. The van der Waals surface area contributed by atoms with E-state index < -0.39 is 284 Å². The molecule has 6 aliphatic rings. The van der Waals surface area contributed by atoms with Crippen LogP contribution in [0.1, 0.15) is 86.1 Å². The maximum atomic E-state index is 15.8. The molecule has 32 nitrogen and oxygen atoms in total. The summed E-state index contributed by atoms with van der Waals surface area (Å²) in [7, 11) is 0. The number of rotatable bonds is 2. The summed E-state index contributed by atoms with van der Waals surface area (Å²) in [5.41, 5.74) is -17.9. The van der Waals surface area contributed by atoms with Crippen LogP contribution in [-0.2, 0) is 30.1 Å².